The summed E-state index contributed by atoms with van der Waals surface area (Å²) in [5, 5.41) is 6.53. The van der Waals surface area contributed by atoms with Crippen molar-refractivity contribution in [3.8, 4) is 0 Å². The molecule has 0 spiro atoms. The normalized spacial score (nSPS) is 12.6. The quantitative estimate of drug-likeness (QED) is 0.785. The number of halogens is 1. The first-order valence-electron chi connectivity index (χ1n) is 6.81. The molecule has 0 saturated heterocycles. The molecule has 0 saturated carbocycles. The highest BCUT2D eigenvalue weighted by Gasteiger charge is 2.17. The second kappa shape index (κ2) is 7.09. The Hall–Kier alpha value is -0.830. The van der Waals surface area contributed by atoms with Gasteiger partial charge in [-0.25, -0.2) is 0 Å². The summed E-state index contributed by atoms with van der Waals surface area (Å²) in [6.45, 7) is 5.36. The lowest BCUT2D eigenvalue weighted by atomic mass is 10.0. The molecule has 3 heteroatoms. The van der Waals surface area contributed by atoms with E-state index in [1.165, 1.54) is 16.0 Å². The summed E-state index contributed by atoms with van der Waals surface area (Å²) < 4.78 is 0. The molecular weight excluding hydrogens is 274 g/mol. The standard InChI is InChI=1S/C16H20ClNS/c1-3-9-18-15(16-14(17)8-10-19-16)13-7-5-6-12(4-2)11-13/h5-8,10-11,15,18H,3-4,9H2,1-2H3. The maximum atomic E-state index is 6.31. The molecule has 0 radical (unpaired) electrons. The van der Waals surface area contributed by atoms with Gasteiger partial charge < -0.3 is 5.32 Å². The fraction of sp³-hybridized carbons (Fsp3) is 0.375. The van der Waals surface area contributed by atoms with Crippen molar-refractivity contribution in [3.05, 3.63) is 56.7 Å². The van der Waals surface area contributed by atoms with Crippen molar-refractivity contribution >= 4 is 22.9 Å². The lowest BCUT2D eigenvalue weighted by Gasteiger charge is -2.19. The first-order chi connectivity index (χ1) is 9.26. The van der Waals surface area contributed by atoms with Crippen molar-refractivity contribution in [2.75, 3.05) is 6.54 Å². The molecule has 2 rings (SSSR count). The molecule has 0 amide bonds. The van der Waals surface area contributed by atoms with E-state index in [0.29, 0.717) is 0 Å². The molecule has 2 aromatic rings. The number of thiophene rings is 1. The Labute approximate surface area is 124 Å². The first-order valence-corrected chi connectivity index (χ1v) is 8.07. The van der Waals surface area contributed by atoms with Gasteiger partial charge in [0.05, 0.1) is 11.1 Å². The van der Waals surface area contributed by atoms with E-state index in [1.807, 2.05) is 6.07 Å². The molecule has 0 bridgehead atoms. The molecule has 1 N–H and O–H groups in total. The minimum atomic E-state index is 0.207. The van der Waals surface area contributed by atoms with Crippen LogP contribution in [0.4, 0.5) is 0 Å². The van der Waals surface area contributed by atoms with Crippen LogP contribution in [0.2, 0.25) is 5.02 Å². The Morgan fingerprint density at radius 3 is 2.74 bits per heavy atom. The molecule has 1 nitrogen and oxygen atoms in total. The zero-order valence-electron chi connectivity index (χ0n) is 11.4. The largest absolute Gasteiger partial charge is 0.306 e. The van der Waals surface area contributed by atoms with Crippen LogP contribution in [0.25, 0.3) is 0 Å². The fourth-order valence-electron chi connectivity index (χ4n) is 2.15. The van der Waals surface area contributed by atoms with Gasteiger partial charge in [-0.05, 0) is 42.0 Å². The Balaban J connectivity index is 2.34. The van der Waals surface area contributed by atoms with E-state index in [1.54, 1.807) is 11.3 Å². The molecule has 0 aliphatic heterocycles. The van der Waals surface area contributed by atoms with Gasteiger partial charge in [0.25, 0.3) is 0 Å². The van der Waals surface area contributed by atoms with Gasteiger partial charge in [0.2, 0.25) is 0 Å². The minimum absolute atomic E-state index is 0.207. The summed E-state index contributed by atoms with van der Waals surface area (Å²) >= 11 is 8.03. The Kier molecular flexibility index (Phi) is 5.44. The molecule has 102 valence electrons. The molecule has 0 aliphatic rings. The highest BCUT2D eigenvalue weighted by atomic mass is 35.5. The van der Waals surface area contributed by atoms with E-state index >= 15 is 0 Å². The van der Waals surface area contributed by atoms with E-state index in [9.17, 15) is 0 Å². The highest BCUT2D eigenvalue weighted by molar-refractivity contribution is 7.10. The third-order valence-corrected chi connectivity index (χ3v) is 4.62. The third kappa shape index (κ3) is 3.59. The fourth-order valence-corrected chi connectivity index (χ4v) is 3.42. The Bertz CT molecular complexity index is 521. The van der Waals surface area contributed by atoms with Crippen molar-refractivity contribution in [2.24, 2.45) is 0 Å². The number of benzene rings is 1. The predicted molar refractivity (Wildman–Crippen MR) is 85.3 cm³/mol. The van der Waals surface area contributed by atoms with Gasteiger partial charge in [-0.15, -0.1) is 11.3 Å². The summed E-state index contributed by atoms with van der Waals surface area (Å²) in [6.07, 6.45) is 2.18. The summed E-state index contributed by atoms with van der Waals surface area (Å²) in [5.41, 5.74) is 2.67. The van der Waals surface area contributed by atoms with Crippen LogP contribution in [-0.4, -0.2) is 6.54 Å². The Morgan fingerprint density at radius 1 is 1.26 bits per heavy atom. The average molecular weight is 294 g/mol. The van der Waals surface area contributed by atoms with Crippen molar-refractivity contribution < 1.29 is 0 Å². The predicted octanol–water partition coefficient (Wildman–Crippen LogP) is 5.05. The van der Waals surface area contributed by atoms with Crippen LogP contribution in [0.3, 0.4) is 0 Å². The second-order valence-corrected chi connectivity index (χ2v) is 5.97. The summed E-state index contributed by atoms with van der Waals surface area (Å²) in [7, 11) is 0. The zero-order valence-corrected chi connectivity index (χ0v) is 13.0. The molecule has 19 heavy (non-hydrogen) atoms. The van der Waals surface area contributed by atoms with E-state index in [0.717, 1.165) is 24.4 Å². The van der Waals surface area contributed by atoms with Crippen LogP contribution in [0.5, 0.6) is 0 Å². The maximum absolute atomic E-state index is 6.31. The number of aryl methyl sites for hydroxylation is 1. The topological polar surface area (TPSA) is 12.0 Å². The summed E-state index contributed by atoms with van der Waals surface area (Å²) in [5.74, 6) is 0. The smallest absolute Gasteiger partial charge is 0.0686 e. The average Bonchev–Trinajstić information content (AvgIpc) is 2.86. The van der Waals surface area contributed by atoms with Crippen LogP contribution in [0, 0.1) is 0 Å². The minimum Gasteiger partial charge on any atom is -0.306 e. The highest BCUT2D eigenvalue weighted by Crippen LogP contribution is 2.33. The molecule has 1 atom stereocenters. The summed E-state index contributed by atoms with van der Waals surface area (Å²) in [6, 6.07) is 11.0. The molecule has 0 aliphatic carbocycles. The van der Waals surface area contributed by atoms with Crippen LogP contribution < -0.4 is 5.32 Å². The second-order valence-electron chi connectivity index (χ2n) is 4.62. The number of rotatable bonds is 6. The van der Waals surface area contributed by atoms with Crippen LogP contribution in [-0.2, 0) is 6.42 Å². The van der Waals surface area contributed by atoms with Gasteiger partial charge in [0.15, 0.2) is 0 Å². The van der Waals surface area contributed by atoms with Crippen LogP contribution in [0.1, 0.15) is 42.3 Å². The molecule has 1 aromatic carbocycles. The van der Waals surface area contributed by atoms with E-state index in [-0.39, 0.29) is 6.04 Å². The van der Waals surface area contributed by atoms with E-state index < -0.39 is 0 Å². The Morgan fingerprint density at radius 2 is 2.11 bits per heavy atom. The maximum Gasteiger partial charge on any atom is 0.0686 e. The van der Waals surface area contributed by atoms with E-state index in [2.05, 4.69) is 48.8 Å². The molecular formula is C16H20ClNS. The molecule has 1 heterocycles. The lowest BCUT2D eigenvalue weighted by molar-refractivity contribution is 0.605. The SMILES string of the molecule is CCCNC(c1cccc(CC)c1)c1sccc1Cl. The van der Waals surface area contributed by atoms with E-state index in [4.69, 9.17) is 11.6 Å². The molecule has 1 unspecified atom stereocenters. The van der Waals surface area contributed by atoms with Crippen LogP contribution >= 0.6 is 22.9 Å². The van der Waals surface area contributed by atoms with Gasteiger partial charge in [-0.2, -0.15) is 0 Å². The zero-order chi connectivity index (χ0) is 13.7. The first kappa shape index (κ1) is 14.6. The van der Waals surface area contributed by atoms with Crippen molar-refractivity contribution in [1.29, 1.82) is 0 Å². The number of hydrogen-bond donors (Lipinski definition) is 1. The van der Waals surface area contributed by atoms with Crippen molar-refractivity contribution in [2.45, 2.75) is 32.7 Å². The molecule has 1 aromatic heterocycles. The van der Waals surface area contributed by atoms with Gasteiger partial charge in [0.1, 0.15) is 0 Å². The summed E-state index contributed by atoms with van der Waals surface area (Å²) in [4.78, 5) is 1.21. The number of nitrogens with one attached hydrogen (secondary N) is 1. The van der Waals surface area contributed by atoms with Gasteiger partial charge in [-0.1, -0.05) is 49.7 Å². The third-order valence-electron chi connectivity index (χ3n) is 3.20. The van der Waals surface area contributed by atoms with Gasteiger partial charge in [0, 0.05) is 4.88 Å². The van der Waals surface area contributed by atoms with Crippen molar-refractivity contribution in [1.82, 2.24) is 5.32 Å². The van der Waals surface area contributed by atoms with Crippen molar-refractivity contribution in [3.63, 3.8) is 0 Å². The lowest BCUT2D eigenvalue weighted by Crippen LogP contribution is -2.22. The van der Waals surface area contributed by atoms with Gasteiger partial charge >= 0.3 is 0 Å². The molecule has 0 fully saturated rings. The van der Waals surface area contributed by atoms with Gasteiger partial charge in [-0.3, -0.25) is 0 Å². The van der Waals surface area contributed by atoms with Crippen LogP contribution in [0.15, 0.2) is 35.7 Å². The monoisotopic (exact) mass is 293 g/mol. The number of hydrogen-bond acceptors (Lipinski definition) is 2.